The molecule has 1 amide bonds. The Morgan fingerprint density at radius 3 is 3.04 bits per heavy atom. The monoisotopic (exact) mass is 314 g/mol. The largest absolute Gasteiger partial charge is 0.377 e. The number of hydrogen-bond donors (Lipinski definition) is 0. The SMILES string of the molecule is CC(C)CC1COCCN1C(=O)c1cccc(-n2ccnc2)n1. The van der Waals surface area contributed by atoms with Gasteiger partial charge in [-0.1, -0.05) is 19.9 Å². The van der Waals surface area contributed by atoms with Crippen LogP contribution >= 0.6 is 0 Å². The van der Waals surface area contributed by atoms with E-state index in [4.69, 9.17) is 4.74 Å². The molecular formula is C17H22N4O2. The minimum Gasteiger partial charge on any atom is -0.377 e. The van der Waals surface area contributed by atoms with Gasteiger partial charge in [0.15, 0.2) is 0 Å². The van der Waals surface area contributed by atoms with Crippen LogP contribution in [0.3, 0.4) is 0 Å². The highest BCUT2D eigenvalue weighted by atomic mass is 16.5. The molecule has 0 aromatic carbocycles. The number of carbonyl (C=O) groups is 1. The van der Waals surface area contributed by atoms with Crippen molar-refractivity contribution >= 4 is 5.91 Å². The Balaban J connectivity index is 1.82. The molecular weight excluding hydrogens is 292 g/mol. The number of aromatic nitrogens is 3. The van der Waals surface area contributed by atoms with Gasteiger partial charge in [-0.3, -0.25) is 9.36 Å². The first-order valence-electron chi connectivity index (χ1n) is 7.99. The summed E-state index contributed by atoms with van der Waals surface area (Å²) in [6, 6.07) is 5.61. The van der Waals surface area contributed by atoms with Crippen molar-refractivity contribution in [2.75, 3.05) is 19.8 Å². The third-order valence-corrected chi connectivity index (χ3v) is 3.95. The molecule has 0 N–H and O–H groups in total. The summed E-state index contributed by atoms with van der Waals surface area (Å²) < 4.78 is 7.35. The van der Waals surface area contributed by atoms with E-state index in [2.05, 4.69) is 23.8 Å². The number of pyridine rings is 1. The number of morpholine rings is 1. The van der Waals surface area contributed by atoms with Gasteiger partial charge in [-0.2, -0.15) is 0 Å². The van der Waals surface area contributed by atoms with Crippen LogP contribution < -0.4 is 0 Å². The molecule has 122 valence electrons. The van der Waals surface area contributed by atoms with Crippen LogP contribution in [0, 0.1) is 5.92 Å². The number of ether oxygens (including phenoxy) is 1. The molecule has 1 atom stereocenters. The lowest BCUT2D eigenvalue weighted by atomic mass is 10.0. The molecule has 6 nitrogen and oxygen atoms in total. The average Bonchev–Trinajstić information content (AvgIpc) is 3.09. The quantitative estimate of drug-likeness (QED) is 0.867. The maximum Gasteiger partial charge on any atom is 0.272 e. The summed E-state index contributed by atoms with van der Waals surface area (Å²) in [6.07, 6.45) is 6.11. The predicted molar refractivity (Wildman–Crippen MR) is 86.5 cm³/mol. The fourth-order valence-electron chi connectivity index (χ4n) is 2.89. The zero-order chi connectivity index (χ0) is 16.2. The van der Waals surface area contributed by atoms with Crippen molar-refractivity contribution in [1.29, 1.82) is 0 Å². The first kappa shape index (κ1) is 15.7. The molecule has 23 heavy (non-hydrogen) atoms. The Labute approximate surface area is 136 Å². The molecule has 6 heteroatoms. The molecule has 1 fully saturated rings. The van der Waals surface area contributed by atoms with Crippen LogP contribution in [0.1, 0.15) is 30.8 Å². The highest BCUT2D eigenvalue weighted by Gasteiger charge is 2.29. The Morgan fingerprint density at radius 1 is 1.43 bits per heavy atom. The number of rotatable bonds is 4. The van der Waals surface area contributed by atoms with E-state index in [1.807, 2.05) is 23.2 Å². The fraction of sp³-hybridized carbons (Fsp3) is 0.471. The van der Waals surface area contributed by atoms with E-state index in [0.717, 1.165) is 6.42 Å². The minimum atomic E-state index is -0.0269. The van der Waals surface area contributed by atoms with Gasteiger partial charge >= 0.3 is 0 Å². The van der Waals surface area contributed by atoms with Crippen LogP contribution in [0.15, 0.2) is 36.9 Å². The van der Waals surface area contributed by atoms with E-state index < -0.39 is 0 Å². The molecule has 1 saturated heterocycles. The summed E-state index contributed by atoms with van der Waals surface area (Å²) in [5.41, 5.74) is 0.465. The van der Waals surface area contributed by atoms with Gasteiger partial charge in [-0.05, 0) is 24.5 Å². The van der Waals surface area contributed by atoms with Gasteiger partial charge < -0.3 is 9.64 Å². The zero-order valence-electron chi connectivity index (χ0n) is 13.6. The fourth-order valence-corrected chi connectivity index (χ4v) is 2.89. The number of carbonyl (C=O) groups excluding carboxylic acids is 1. The smallest absolute Gasteiger partial charge is 0.272 e. The van der Waals surface area contributed by atoms with Gasteiger partial charge in [0.1, 0.15) is 17.8 Å². The average molecular weight is 314 g/mol. The van der Waals surface area contributed by atoms with E-state index in [1.54, 1.807) is 23.2 Å². The van der Waals surface area contributed by atoms with Crippen LogP contribution in [0.2, 0.25) is 0 Å². The van der Waals surface area contributed by atoms with E-state index in [9.17, 15) is 4.79 Å². The first-order valence-corrected chi connectivity index (χ1v) is 7.99. The number of nitrogens with zero attached hydrogens (tertiary/aromatic N) is 4. The molecule has 1 unspecified atom stereocenters. The van der Waals surface area contributed by atoms with Gasteiger partial charge in [0, 0.05) is 18.9 Å². The van der Waals surface area contributed by atoms with Crippen LogP contribution in [0.25, 0.3) is 5.82 Å². The summed E-state index contributed by atoms with van der Waals surface area (Å²) in [4.78, 5) is 23.3. The van der Waals surface area contributed by atoms with Gasteiger partial charge in [-0.25, -0.2) is 9.97 Å². The molecule has 0 radical (unpaired) electrons. The van der Waals surface area contributed by atoms with Gasteiger partial charge in [-0.15, -0.1) is 0 Å². The third-order valence-electron chi connectivity index (χ3n) is 3.95. The maximum absolute atomic E-state index is 12.9. The molecule has 0 saturated carbocycles. The minimum absolute atomic E-state index is 0.0269. The highest BCUT2D eigenvalue weighted by molar-refractivity contribution is 5.92. The lowest BCUT2D eigenvalue weighted by Gasteiger charge is -2.36. The van der Waals surface area contributed by atoms with Crippen molar-refractivity contribution in [3.63, 3.8) is 0 Å². The van der Waals surface area contributed by atoms with Crippen molar-refractivity contribution in [2.24, 2.45) is 5.92 Å². The van der Waals surface area contributed by atoms with Gasteiger partial charge in [0.05, 0.1) is 19.3 Å². The molecule has 3 rings (SSSR count). The van der Waals surface area contributed by atoms with Crippen LogP contribution in [-0.4, -0.2) is 51.1 Å². The standard InChI is InChI=1S/C17H22N4O2/c1-13(2)10-14-11-23-9-8-21(14)17(22)15-4-3-5-16(19-15)20-7-6-18-12-20/h3-7,12-14H,8-11H2,1-2H3. The Bertz CT molecular complexity index is 654. The van der Waals surface area contributed by atoms with Gasteiger partial charge in [0.25, 0.3) is 5.91 Å². The molecule has 0 spiro atoms. The summed E-state index contributed by atoms with van der Waals surface area (Å²) in [6.45, 7) is 6.13. The summed E-state index contributed by atoms with van der Waals surface area (Å²) in [5, 5.41) is 0. The van der Waals surface area contributed by atoms with E-state index in [0.29, 0.717) is 37.2 Å². The molecule has 1 aliphatic rings. The number of hydrogen-bond acceptors (Lipinski definition) is 4. The molecule has 1 aliphatic heterocycles. The van der Waals surface area contributed by atoms with Crippen LogP contribution in [0.5, 0.6) is 0 Å². The first-order chi connectivity index (χ1) is 11.1. The zero-order valence-corrected chi connectivity index (χ0v) is 13.6. The molecule has 2 aromatic heterocycles. The van der Waals surface area contributed by atoms with Crippen molar-refractivity contribution < 1.29 is 9.53 Å². The second-order valence-electron chi connectivity index (χ2n) is 6.21. The number of amides is 1. The molecule has 2 aromatic rings. The molecule has 3 heterocycles. The van der Waals surface area contributed by atoms with Crippen molar-refractivity contribution in [3.05, 3.63) is 42.6 Å². The van der Waals surface area contributed by atoms with Crippen molar-refractivity contribution in [2.45, 2.75) is 26.3 Å². The van der Waals surface area contributed by atoms with Gasteiger partial charge in [0.2, 0.25) is 0 Å². The van der Waals surface area contributed by atoms with E-state index in [1.165, 1.54) is 0 Å². The van der Waals surface area contributed by atoms with E-state index in [-0.39, 0.29) is 11.9 Å². The topological polar surface area (TPSA) is 60.2 Å². The number of imidazole rings is 1. The molecule has 0 bridgehead atoms. The van der Waals surface area contributed by atoms with Crippen LogP contribution in [0.4, 0.5) is 0 Å². The van der Waals surface area contributed by atoms with E-state index >= 15 is 0 Å². The Morgan fingerprint density at radius 2 is 2.30 bits per heavy atom. The predicted octanol–water partition coefficient (Wildman–Crippen LogP) is 2.15. The highest BCUT2D eigenvalue weighted by Crippen LogP contribution is 2.18. The summed E-state index contributed by atoms with van der Waals surface area (Å²) in [5.74, 6) is 1.19. The lowest BCUT2D eigenvalue weighted by Crippen LogP contribution is -2.49. The normalized spacial score (nSPS) is 18.4. The van der Waals surface area contributed by atoms with Crippen LogP contribution in [-0.2, 0) is 4.74 Å². The third kappa shape index (κ3) is 3.59. The molecule has 0 aliphatic carbocycles. The summed E-state index contributed by atoms with van der Waals surface area (Å²) in [7, 11) is 0. The maximum atomic E-state index is 12.9. The second-order valence-corrected chi connectivity index (χ2v) is 6.21. The Kier molecular flexibility index (Phi) is 4.71. The summed E-state index contributed by atoms with van der Waals surface area (Å²) >= 11 is 0. The van der Waals surface area contributed by atoms with Crippen molar-refractivity contribution in [1.82, 2.24) is 19.4 Å². The Hall–Kier alpha value is -2.21. The van der Waals surface area contributed by atoms with Crippen molar-refractivity contribution in [3.8, 4) is 5.82 Å². The second kappa shape index (κ2) is 6.91. The lowest BCUT2D eigenvalue weighted by molar-refractivity contribution is -0.00776.